The van der Waals surface area contributed by atoms with Crippen molar-refractivity contribution < 1.29 is 9.53 Å². The number of hydrogen-bond donors (Lipinski definition) is 0. The van der Waals surface area contributed by atoms with E-state index >= 15 is 0 Å². The van der Waals surface area contributed by atoms with Gasteiger partial charge in [-0.15, -0.1) is 0 Å². The third-order valence-electron chi connectivity index (χ3n) is 2.85. The van der Waals surface area contributed by atoms with Crippen molar-refractivity contribution in [1.29, 1.82) is 0 Å². The molecule has 0 heterocycles. The van der Waals surface area contributed by atoms with Crippen molar-refractivity contribution in [1.82, 2.24) is 0 Å². The Hall–Kier alpha value is -0.790. The van der Waals surface area contributed by atoms with Crippen molar-refractivity contribution in [3.8, 4) is 0 Å². The lowest BCUT2D eigenvalue weighted by Crippen LogP contribution is -2.10. The molecular weight excluding hydrogens is 164 g/mol. The standard InChI is InChI=1S/C11H18O2/c1-5-7-8-9(11(8,3)4)10(12)13-6-2/h5,7-9H,6H2,1-4H3/b7-5-/t8-,9+/m1/s1. The van der Waals surface area contributed by atoms with Crippen LogP contribution in [0.4, 0.5) is 0 Å². The summed E-state index contributed by atoms with van der Waals surface area (Å²) in [4.78, 5) is 11.5. The molecule has 1 rings (SSSR count). The molecule has 0 aromatic heterocycles. The summed E-state index contributed by atoms with van der Waals surface area (Å²) in [6.07, 6.45) is 4.10. The topological polar surface area (TPSA) is 26.3 Å². The first-order chi connectivity index (χ1) is 6.05. The van der Waals surface area contributed by atoms with Gasteiger partial charge < -0.3 is 4.74 Å². The average molecular weight is 182 g/mol. The number of rotatable bonds is 3. The van der Waals surface area contributed by atoms with E-state index in [-0.39, 0.29) is 17.3 Å². The molecule has 1 fully saturated rings. The second kappa shape index (κ2) is 3.52. The van der Waals surface area contributed by atoms with Crippen LogP contribution in [0.15, 0.2) is 12.2 Å². The summed E-state index contributed by atoms with van der Waals surface area (Å²) in [7, 11) is 0. The highest BCUT2D eigenvalue weighted by atomic mass is 16.5. The van der Waals surface area contributed by atoms with Gasteiger partial charge in [0.25, 0.3) is 0 Å². The summed E-state index contributed by atoms with van der Waals surface area (Å²) in [5.41, 5.74) is 0.0960. The van der Waals surface area contributed by atoms with Crippen LogP contribution in [0.25, 0.3) is 0 Å². The highest BCUT2D eigenvalue weighted by Crippen LogP contribution is 2.59. The minimum atomic E-state index is -0.0457. The molecule has 0 bridgehead atoms. The van der Waals surface area contributed by atoms with E-state index in [2.05, 4.69) is 19.9 Å². The second-order valence-corrected chi connectivity index (χ2v) is 4.10. The molecule has 0 N–H and O–H groups in total. The zero-order valence-corrected chi connectivity index (χ0v) is 8.83. The van der Waals surface area contributed by atoms with E-state index in [0.29, 0.717) is 12.5 Å². The molecule has 1 aliphatic rings. The van der Waals surface area contributed by atoms with E-state index in [4.69, 9.17) is 4.74 Å². The molecule has 0 unspecified atom stereocenters. The molecule has 2 atom stereocenters. The van der Waals surface area contributed by atoms with Crippen LogP contribution < -0.4 is 0 Å². The van der Waals surface area contributed by atoms with Gasteiger partial charge in [0.2, 0.25) is 0 Å². The lowest BCUT2D eigenvalue weighted by Gasteiger charge is -2.01. The summed E-state index contributed by atoms with van der Waals surface area (Å²) in [6.45, 7) is 8.53. The number of esters is 1. The zero-order chi connectivity index (χ0) is 10.1. The van der Waals surface area contributed by atoms with Gasteiger partial charge in [-0.05, 0) is 25.2 Å². The van der Waals surface area contributed by atoms with Crippen LogP contribution in [-0.2, 0) is 9.53 Å². The SMILES string of the molecule is C/C=C\[C@@H]1[C@@H](C(=O)OCC)C1(C)C. The molecule has 0 aromatic rings. The van der Waals surface area contributed by atoms with Gasteiger partial charge in [-0.2, -0.15) is 0 Å². The Morgan fingerprint density at radius 1 is 1.54 bits per heavy atom. The number of allylic oxidation sites excluding steroid dienone is 2. The van der Waals surface area contributed by atoms with E-state index in [1.165, 1.54) is 0 Å². The van der Waals surface area contributed by atoms with E-state index in [1.54, 1.807) is 0 Å². The molecular formula is C11H18O2. The highest BCUT2D eigenvalue weighted by molar-refractivity contribution is 5.78. The largest absolute Gasteiger partial charge is 0.466 e. The summed E-state index contributed by atoms with van der Waals surface area (Å²) in [6, 6.07) is 0. The first-order valence-electron chi connectivity index (χ1n) is 4.85. The van der Waals surface area contributed by atoms with Gasteiger partial charge in [0.05, 0.1) is 12.5 Å². The van der Waals surface area contributed by atoms with Gasteiger partial charge >= 0.3 is 5.97 Å². The Morgan fingerprint density at radius 3 is 2.62 bits per heavy atom. The van der Waals surface area contributed by atoms with Gasteiger partial charge in [0.1, 0.15) is 0 Å². The van der Waals surface area contributed by atoms with Crippen molar-refractivity contribution in [3.63, 3.8) is 0 Å². The maximum Gasteiger partial charge on any atom is 0.310 e. The van der Waals surface area contributed by atoms with Crippen molar-refractivity contribution in [2.45, 2.75) is 27.7 Å². The fourth-order valence-corrected chi connectivity index (χ4v) is 1.93. The molecule has 2 heteroatoms. The van der Waals surface area contributed by atoms with Crippen LogP contribution in [-0.4, -0.2) is 12.6 Å². The van der Waals surface area contributed by atoms with Gasteiger partial charge in [-0.25, -0.2) is 0 Å². The van der Waals surface area contributed by atoms with Crippen LogP contribution in [0, 0.1) is 17.3 Å². The van der Waals surface area contributed by atoms with E-state index in [0.717, 1.165) is 0 Å². The van der Waals surface area contributed by atoms with Crippen molar-refractivity contribution in [3.05, 3.63) is 12.2 Å². The summed E-state index contributed by atoms with van der Waals surface area (Å²) in [5, 5.41) is 0. The molecule has 1 aliphatic carbocycles. The minimum absolute atomic E-state index is 0.0457. The fraction of sp³-hybridized carbons (Fsp3) is 0.727. The average Bonchev–Trinajstić information content (AvgIpc) is 2.55. The molecule has 2 nitrogen and oxygen atoms in total. The second-order valence-electron chi connectivity index (χ2n) is 4.10. The number of hydrogen-bond acceptors (Lipinski definition) is 2. The Kier molecular flexibility index (Phi) is 2.79. The van der Waals surface area contributed by atoms with E-state index in [9.17, 15) is 4.79 Å². The fourth-order valence-electron chi connectivity index (χ4n) is 1.93. The molecule has 74 valence electrons. The molecule has 0 saturated heterocycles. The number of ether oxygens (including phenoxy) is 1. The number of carbonyl (C=O) groups is 1. The summed E-state index contributed by atoms with van der Waals surface area (Å²) < 4.78 is 5.01. The molecule has 0 amide bonds. The lowest BCUT2D eigenvalue weighted by molar-refractivity contribution is -0.145. The Bertz CT molecular complexity index is 228. The van der Waals surface area contributed by atoms with Crippen molar-refractivity contribution in [2.75, 3.05) is 6.61 Å². The summed E-state index contributed by atoms with van der Waals surface area (Å²) in [5.74, 6) is 0.399. The molecule has 1 saturated carbocycles. The molecule has 0 spiro atoms. The van der Waals surface area contributed by atoms with Gasteiger partial charge in [-0.1, -0.05) is 26.0 Å². The van der Waals surface area contributed by atoms with Crippen molar-refractivity contribution >= 4 is 5.97 Å². The monoisotopic (exact) mass is 182 g/mol. The third-order valence-corrected chi connectivity index (χ3v) is 2.85. The van der Waals surface area contributed by atoms with E-state index < -0.39 is 0 Å². The van der Waals surface area contributed by atoms with E-state index in [1.807, 2.05) is 19.9 Å². The normalized spacial score (nSPS) is 30.5. The predicted octanol–water partition coefficient (Wildman–Crippen LogP) is 2.40. The molecule has 0 aliphatic heterocycles. The molecule has 0 aromatic carbocycles. The Morgan fingerprint density at radius 2 is 2.15 bits per heavy atom. The zero-order valence-electron chi connectivity index (χ0n) is 8.83. The maximum atomic E-state index is 11.5. The predicted molar refractivity (Wildman–Crippen MR) is 52.2 cm³/mol. The van der Waals surface area contributed by atoms with Crippen LogP contribution in [0.3, 0.4) is 0 Å². The molecule has 0 radical (unpaired) electrons. The highest BCUT2D eigenvalue weighted by Gasteiger charge is 2.61. The van der Waals surface area contributed by atoms with Gasteiger partial charge in [-0.3, -0.25) is 4.79 Å². The quantitative estimate of drug-likeness (QED) is 0.495. The smallest absolute Gasteiger partial charge is 0.310 e. The first-order valence-corrected chi connectivity index (χ1v) is 4.85. The third kappa shape index (κ3) is 1.77. The minimum Gasteiger partial charge on any atom is -0.466 e. The Balaban J connectivity index is 2.59. The van der Waals surface area contributed by atoms with Gasteiger partial charge in [0.15, 0.2) is 0 Å². The van der Waals surface area contributed by atoms with Gasteiger partial charge in [0, 0.05) is 0 Å². The summed E-state index contributed by atoms with van der Waals surface area (Å²) >= 11 is 0. The molecule has 13 heavy (non-hydrogen) atoms. The van der Waals surface area contributed by atoms with Crippen LogP contribution in [0.2, 0.25) is 0 Å². The number of carbonyl (C=O) groups excluding carboxylic acids is 1. The Labute approximate surface area is 80.0 Å². The van der Waals surface area contributed by atoms with Crippen molar-refractivity contribution in [2.24, 2.45) is 17.3 Å². The van der Waals surface area contributed by atoms with Crippen LogP contribution in [0.5, 0.6) is 0 Å². The first kappa shape index (κ1) is 10.3. The maximum absolute atomic E-state index is 11.5. The van der Waals surface area contributed by atoms with Crippen LogP contribution in [0.1, 0.15) is 27.7 Å². The van der Waals surface area contributed by atoms with Crippen LogP contribution >= 0.6 is 0 Å². The lowest BCUT2D eigenvalue weighted by atomic mass is 10.1.